The summed E-state index contributed by atoms with van der Waals surface area (Å²) in [6, 6.07) is 0. The predicted molar refractivity (Wildman–Crippen MR) is 110 cm³/mol. The highest BCUT2D eigenvalue weighted by atomic mass is 19.4. The summed E-state index contributed by atoms with van der Waals surface area (Å²) in [4.78, 5) is 9.53. The Morgan fingerprint density at radius 1 is 0.586 bits per heavy atom. The summed E-state index contributed by atoms with van der Waals surface area (Å²) in [6.45, 7) is 0.752. The minimum absolute atomic E-state index is 0.294. The van der Waals surface area contributed by atoms with Gasteiger partial charge >= 0.3 is 6.18 Å². The molecule has 0 aliphatic heterocycles. The Hall–Kier alpha value is -1.33. The first-order chi connectivity index (χ1) is 14.1. The first-order valence-electron chi connectivity index (χ1n) is 11.6. The van der Waals surface area contributed by atoms with Crippen molar-refractivity contribution in [3.8, 4) is 0 Å². The van der Waals surface area contributed by atoms with E-state index >= 15 is 0 Å². The predicted octanol–water partition coefficient (Wildman–Crippen LogP) is 6.99. The van der Waals surface area contributed by atoms with Gasteiger partial charge in [0.1, 0.15) is 0 Å². The zero-order valence-corrected chi connectivity index (χ0v) is 18.0. The van der Waals surface area contributed by atoms with Crippen LogP contribution >= 0.6 is 0 Å². The van der Waals surface area contributed by atoms with Crippen LogP contribution in [0.2, 0.25) is 0 Å². The summed E-state index contributed by atoms with van der Waals surface area (Å²) < 4.78 is 37.7. The fourth-order valence-corrected chi connectivity index (χ4v) is 3.47. The maximum absolute atomic E-state index is 12.0. The van der Waals surface area contributed by atoms with Gasteiger partial charge < -0.3 is 0 Å². The van der Waals surface area contributed by atoms with Crippen molar-refractivity contribution >= 4 is 0 Å². The van der Waals surface area contributed by atoms with Gasteiger partial charge in [0.15, 0.2) is 6.61 Å². The minimum Gasteiger partial charge on any atom is -0.271 e. The van der Waals surface area contributed by atoms with Crippen LogP contribution < -0.4 is 9.57 Å². The molecule has 6 heteroatoms. The molecule has 0 fully saturated rings. The van der Waals surface area contributed by atoms with Crippen LogP contribution in [0.3, 0.4) is 0 Å². The Morgan fingerprint density at radius 3 is 1.38 bits per heavy atom. The molecular formula is C23H40F3N2O+. The lowest BCUT2D eigenvalue weighted by molar-refractivity contribution is -0.891. The number of nitrogens with zero attached hydrogens (tertiary/aromatic N) is 2. The molecular weight excluding hydrogens is 377 g/mol. The first kappa shape index (κ1) is 25.7. The van der Waals surface area contributed by atoms with Crippen LogP contribution in [0.5, 0.6) is 0 Å². The second kappa shape index (κ2) is 17.5. The van der Waals surface area contributed by atoms with E-state index < -0.39 is 12.6 Å². The van der Waals surface area contributed by atoms with E-state index in [9.17, 15) is 13.2 Å². The van der Waals surface area contributed by atoms with E-state index in [0.29, 0.717) is 6.42 Å². The molecule has 0 spiro atoms. The molecule has 0 saturated heterocycles. The van der Waals surface area contributed by atoms with Crippen LogP contribution in [0, 0.1) is 0 Å². The summed E-state index contributed by atoms with van der Waals surface area (Å²) in [7, 11) is 0. The number of alkyl halides is 3. The van der Waals surface area contributed by atoms with E-state index in [1.54, 1.807) is 17.1 Å². The van der Waals surface area contributed by atoms with Crippen LogP contribution in [-0.2, 0) is 0 Å². The van der Waals surface area contributed by atoms with E-state index in [1.165, 1.54) is 70.6 Å². The van der Waals surface area contributed by atoms with E-state index in [1.807, 2.05) is 12.4 Å². The Morgan fingerprint density at radius 2 is 0.966 bits per heavy atom. The molecule has 1 rings (SSSR count). The number of hydrogen-bond acceptors (Lipinski definition) is 2. The molecule has 0 radical (unpaired) electrons. The van der Waals surface area contributed by atoms with Crippen molar-refractivity contribution in [1.82, 2.24) is 4.98 Å². The van der Waals surface area contributed by atoms with Crippen LogP contribution in [0.4, 0.5) is 13.2 Å². The topological polar surface area (TPSA) is 26.0 Å². The van der Waals surface area contributed by atoms with Crippen molar-refractivity contribution in [2.45, 2.75) is 115 Å². The summed E-state index contributed by atoms with van der Waals surface area (Å²) in [5.74, 6) is 0. The largest absolute Gasteiger partial charge is 0.389 e. The molecule has 0 aliphatic rings. The Labute approximate surface area is 175 Å². The molecule has 0 bridgehead atoms. The average molecular weight is 418 g/mol. The summed E-state index contributed by atoms with van der Waals surface area (Å²) in [6.07, 6.45) is 20.7. The van der Waals surface area contributed by atoms with Gasteiger partial charge in [-0.15, -0.1) is 0 Å². The maximum Gasteiger partial charge on any atom is 0.389 e. The van der Waals surface area contributed by atoms with Crippen LogP contribution in [0.15, 0.2) is 24.8 Å². The van der Waals surface area contributed by atoms with Crippen molar-refractivity contribution in [2.75, 3.05) is 6.61 Å². The fourth-order valence-electron chi connectivity index (χ4n) is 3.47. The Bertz CT molecular complexity index is 469. The number of rotatable bonds is 19. The van der Waals surface area contributed by atoms with Gasteiger partial charge in [-0.05, 0) is 19.3 Å². The lowest BCUT2D eigenvalue weighted by atomic mass is 10.0. The number of hydrogen-bond donors (Lipinski definition) is 0. The molecule has 0 aliphatic carbocycles. The molecule has 0 N–H and O–H groups in total. The summed E-state index contributed by atoms with van der Waals surface area (Å²) in [5.41, 5.74) is 0. The van der Waals surface area contributed by atoms with Crippen LogP contribution in [0.25, 0.3) is 0 Å². The number of halogens is 3. The normalized spacial score (nSPS) is 11.7. The van der Waals surface area contributed by atoms with Crippen LogP contribution in [0.1, 0.15) is 109 Å². The van der Waals surface area contributed by atoms with Crippen molar-refractivity contribution in [3.05, 3.63) is 24.8 Å². The standard InChI is InChI=1S/C23H40F3N2O/c24-23(25,26)17-15-13-11-9-7-5-3-1-2-4-6-8-10-12-14-16-22-29-28-20-18-27-19-21-28/h18-21H,1-17,22H2/q+1. The molecule has 1 heterocycles. The van der Waals surface area contributed by atoms with E-state index in [-0.39, 0.29) is 0 Å². The zero-order valence-electron chi connectivity index (χ0n) is 18.0. The molecule has 0 saturated carbocycles. The van der Waals surface area contributed by atoms with Gasteiger partial charge in [-0.2, -0.15) is 13.2 Å². The maximum atomic E-state index is 12.0. The van der Waals surface area contributed by atoms with Crippen molar-refractivity contribution in [1.29, 1.82) is 0 Å². The quantitative estimate of drug-likeness (QED) is 0.179. The first-order valence-corrected chi connectivity index (χ1v) is 11.6. The van der Waals surface area contributed by atoms with Gasteiger partial charge in [-0.1, -0.05) is 83.5 Å². The molecule has 29 heavy (non-hydrogen) atoms. The van der Waals surface area contributed by atoms with Crippen molar-refractivity contribution < 1.29 is 22.7 Å². The van der Waals surface area contributed by atoms with Gasteiger partial charge in [0.25, 0.3) is 0 Å². The van der Waals surface area contributed by atoms with Gasteiger partial charge in [0, 0.05) is 11.2 Å². The zero-order chi connectivity index (χ0) is 21.0. The van der Waals surface area contributed by atoms with Crippen molar-refractivity contribution in [3.63, 3.8) is 0 Å². The molecule has 3 nitrogen and oxygen atoms in total. The Kier molecular flexibility index (Phi) is 15.5. The third-order valence-corrected chi connectivity index (χ3v) is 5.19. The van der Waals surface area contributed by atoms with E-state index in [2.05, 4.69) is 4.98 Å². The highest BCUT2D eigenvalue weighted by molar-refractivity contribution is 4.62. The fraction of sp³-hybridized carbons (Fsp3) is 0.826. The van der Waals surface area contributed by atoms with Gasteiger partial charge in [-0.25, -0.2) is 0 Å². The third kappa shape index (κ3) is 18.4. The van der Waals surface area contributed by atoms with Gasteiger partial charge in [0.05, 0.1) is 12.4 Å². The highest BCUT2D eigenvalue weighted by Gasteiger charge is 2.25. The molecule has 1 aromatic rings. The summed E-state index contributed by atoms with van der Waals surface area (Å²) >= 11 is 0. The molecule has 0 unspecified atom stereocenters. The third-order valence-electron chi connectivity index (χ3n) is 5.19. The lowest BCUT2D eigenvalue weighted by Gasteiger charge is -2.05. The lowest BCUT2D eigenvalue weighted by Crippen LogP contribution is -2.42. The van der Waals surface area contributed by atoms with E-state index in [0.717, 1.165) is 32.3 Å². The average Bonchev–Trinajstić information content (AvgIpc) is 2.69. The SMILES string of the molecule is FC(F)(F)CCCCCCCCCCCCCCCCCCO[n+]1ccncc1. The minimum atomic E-state index is -3.98. The molecule has 0 aromatic carbocycles. The monoisotopic (exact) mass is 417 g/mol. The molecule has 0 atom stereocenters. The van der Waals surface area contributed by atoms with E-state index in [4.69, 9.17) is 4.84 Å². The van der Waals surface area contributed by atoms with Crippen LogP contribution in [-0.4, -0.2) is 17.8 Å². The second-order valence-electron chi connectivity index (χ2n) is 7.96. The van der Waals surface area contributed by atoms with Gasteiger partial charge in [0.2, 0.25) is 12.4 Å². The van der Waals surface area contributed by atoms with Gasteiger partial charge in [-0.3, -0.25) is 9.82 Å². The Balaban J connectivity index is 1.69. The number of aromatic nitrogens is 2. The molecule has 1 aromatic heterocycles. The summed E-state index contributed by atoms with van der Waals surface area (Å²) in [5, 5.41) is 0. The van der Waals surface area contributed by atoms with Crippen molar-refractivity contribution in [2.24, 2.45) is 0 Å². The smallest absolute Gasteiger partial charge is 0.271 e. The second-order valence-corrected chi connectivity index (χ2v) is 7.96. The highest BCUT2D eigenvalue weighted by Crippen LogP contribution is 2.23. The molecule has 168 valence electrons. The number of unbranched alkanes of at least 4 members (excludes halogenated alkanes) is 15. The molecule has 0 amide bonds.